The molecule has 3 rings (SSSR count). The number of halogens is 4. The van der Waals surface area contributed by atoms with Gasteiger partial charge in [0.2, 0.25) is 6.73 Å². The number of ether oxygens (including phenoxy) is 1. The first-order chi connectivity index (χ1) is 16.2. The highest BCUT2D eigenvalue weighted by Crippen LogP contribution is 2.30. The first kappa shape index (κ1) is 25.2. The normalized spacial score (nSPS) is 11.7. The number of rotatable bonds is 9. The van der Waals surface area contributed by atoms with Gasteiger partial charge in [-0.15, -0.1) is 9.90 Å². The van der Waals surface area contributed by atoms with Crippen molar-refractivity contribution in [3.63, 3.8) is 0 Å². The summed E-state index contributed by atoms with van der Waals surface area (Å²) < 4.78 is 44.1. The van der Waals surface area contributed by atoms with Crippen molar-refractivity contribution in [2.75, 3.05) is 0 Å². The Hall–Kier alpha value is -3.46. The molecule has 0 aliphatic rings. The van der Waals surface area contributed by atoms with Crippen LogP contribution in [0.3, 0.4) is 0 Å². The highest BCUT2D eigenvalue weighted by Gasteiger charge is 2.30. The van der Waals surface area contributed by atoms with Crippen LogP contribution in [0.15, 0.2) is 47.5 Å². The molecular formula is C24H22ClF3N4O2. The summed E-state index contributed by atoms with van der Waals surface area (Å²) in [6, 6.07) is 10.2. The average Bonchev–Trinajstić information content (AvgIpc) is 3.19. The zero-order chi connectivity index (χ0) is 24.7. The molecule has 0 unspecified atom stereocenters. The van der Waals surface area contributed by atoms with Crippen molar-refractivity contribution in [1.29, 1.82) is 0 Å². The Bertz CT molecular complexity index is 1210. The summed E-state index contributed by atoms with van der Waals surface area (Å²) in [5.41, 5.74) is 1.95. The molecule has 0 saturated heterocycles. The molecule has 178 valence electrons. The number of esters is 1. The van der Waals surface area contributed by atoms with Gasteiger partial charge in [-0.2, -0.15) is 18.3 Å². The summed E-state index contributed by atoms with van der Waals surface area (Å²) in [5.74, 6) is -0.352. The maximum absolute atomic E-state index is 13.0. The Morgan fingerprint density at radius 1 is 1.18 bits per heavy atom. The van der Waals surface area contributed by atoms with Crippen molar-refractivity contribution in [2.45, 2.75) is 39.2 Å². The number of aromatic nitrogens is 3. The Morgan fingerprint density at radius 3 is 2.65 bits per heavy atom. The number of hydrogen-bond donors (Lipinski definition) is 0. The van der Waals surface area contributed by atoms with Crippen LogP contribution < -0.4 is 0 Å². The number of aliphatic imine (C=N–C) groups is 1. The van der Waals surface area contributed by atoms with Crippen LogP contribution in [-0.4, -0.2) is 27.7 Å². The Labute approximate surface area is 199 Å². The van der Waals surface area contributed by atoms with E-state index in [1.165, 1.54) is 10.9 Å². The van der Waals surface area contributed by atoms with Crippen LogP contribution >= 0.6 is 11.6 Å². The Kier molecular flexibility index (Phi) is 8.22. The Balaban J connectivity index is 1.89. The van der Waals surface area contributed by atoms with E-state index in [1.807, 2.05) is 6.92 Å². The smallest absolute Gasteiger partial charge is 0.416 e. The van der Waals surface area contributed by atoms with E-state index in [-0.39, 0.29) is 19.2 Å². The van der Waals surface area contributed by atoms with Crippen molar-refractivity contribution in [3.05, 3.63) is 69.9 Å². The molecule has 0 aliphatic heterocycles. The molecule has 3 aromatic rings. The molecule has 0 saturated carbocycles. The zero-order valence-electron chi connectivity index (χ0n) is 18.3. The van der Waals surface area contributed by atoms with Gasteiger partial charge in [-0.05, 0) is 54.6 Å². The van der Waals surface area contributed by atoms with Crippen molar-refractivity contribution >= 4 is 36.4 Å². The van der Waals surface area contributed by atoms with Crippen LogP contribution in [0.4, 0.5) is 13.2 Å². The van der Waals surface area contributed by atoms with Gasteiger partial charge in [0, 0.05) is 17.0 Å². The van der Waals surface area contributed by atoms with Crippen LogP contribution in [0.2, 0.25) is 5.02 Å². The van der Waals surface area contributed by atoms with Gasteiger partial charge in [-0.1, -0.05) is 42.8 Å². The molecule has 0 fully saturated rings. The quantitative estimate of drug-likeness (QED) is 0.201. The molecule has 0 radical (unpaired) electrons. The standard InChI is InChI=1S/C24H22ClF3N4O2/c1-3-5-22(33)34-15-32-30-21(14-29-2)23(31-32)18-10-17(12-20(25)13-18)9-8-16-6-4-7-19(11-16)24(26,27)28/h4,6-13H,2-3,5,14-15H2,1H3/b9-8+. The van der Waals surface area contributed by atoms with Gasteiger partial charge in [0.25, 0.3) is 0 Å². The van der Waals surface area contributed by atoms with Crippen LogP contribution in [0, 0.1) is 0 Å². The van der Waals surface area contributed by atoms with Crippen LogP contribution in [0.1, 0.15) is 42.1 Å². The first-order valence-electron chi connectivity index (χ1n) is 10.4. The summed E-state index contributed by atoms with van der Waals surface area (Å²) in [4.78, 5) is 16.8. The van der Waals surface area contributed by atoms with Gasteiger partial charge >= 0.3 is 12.1 Å². The van der Waals surface area contributed by atoms with E-state index < -0.39 is 11.7 Å². The number of benzene rings is 2. The van der Waals surface area contributed by atoms with Crippen molar-refractivity contribution < 1.29 is 22.7 Å². The lowest BCUT2D eigenvalue weighted by atomic mass is 10.0. The molecule has 1 heterocycles. The van der Waals surface area contributed by atoms with Crippen molar-refractivity contribution in [1.82, 2.24) is 15.0 Å². The molecular weight excluding hydrogens is 469 g/mol. The first-order valence-corrected chi connectivity index (χ1v) is 10.8. The minimum Gasteiger partial charge on any atom is -0.441 e. The molecule has 0 N–H and O–H groups in total. The minimum absolute atomic E-state index is 0.147. The van der Waals surface area contributed by atoms with Gasteiger partial charge in [0.15, 0.2) is 0 Å². The fourth-order valence-corrected chi connectivity index (χ4v) is 3.38. The van der Waals surface area contributed by atoms with Crippen LogP contribution in [-0.2, 0) is 29.0 Å². The lowest BCUT2D eigenvalue weighted by Gasteiger charge is -2.07. The third-order valence-corrected chi connectivity index (χ3v) is 4.88. The molecule has 34 heavy (non-hydrogen) atoms. The molecule has 0 spiro atoms. The monoisotopic (exact) mass is 490 g/mol. The van der Waals surface area contributed by atoms with Crippen molar-refractivity contribution in [3.8, 4) is 11.3 Å². The summed E-state index contributed by atoms with van der Waals surface area (Å²) in [6.45, 7) is 5.40. The van der Waals surface area contributed by atoms with E-state index in [2.05, 4.69) is 21.9 Å². The predicted octanol–water partition coefficient (Wildman–Crippen LogP) is 6.29. The van der Waals surface area contributed by atoms with Gasteiger partial charge in [0.05, 0.1) is 12.1 Å². The number of nitrogens with zero attached hydrogens (tertiary/aromatic N) is 4. The second-order valence-corrected chi connectivity index (χ2v) is 7.81. The van der Waals surface area contributed by atoms with Crippen molar-refractivity contribution in [2.24, 2.45) is 4.99 Å². The third kappa shape index (κ3) is 6.77. The predicted molar refractivity (Wildman–Crippen MR) is 125 cm³/mol. The molecule has 6 nitrogen and oxygen atoms in total. The number of carbonyl (C=O) groups is 1. The average molecular weight is 491 g/mol. The van der Waals surface area contributed by atoms with Gasteiger partial charge in [0.1, 0.15) is 11.4 Å². The molecule has 0 bridgehead atoms. The lowest BCUT2D eigenvalue weighted by molar-refractivity contribution is -0.148. The Morgan fingerprint density at radius 2 is 1.94 bits per heavy atom. The lowest BCUT2D eigenvalue weighted by Crippen LogP contribution is -2.11. The summed E-state index contributed by atoms with van der Waals surface area (Å²) in [7, 11) is 0. The van der Waals surface area contributed by atoms with E-state index in [9.17, 15) is 18.0 Å². The molecule has 0 atom stereocenters. The fraction of sp³-hybridized carbons (Fsp3) is 0.250. The zero-order valence-corrected chi connectivity index (χ0v) is 19.1. The third-order valence-electron chi connectivity index (χ3n) is 4.66. The van der Waals surface area contributed by atoms with Crippen LogP contribution in [0.25, 0.3) is 23.4 Å². The maximum Gasteiger partial charge on any atom is 0.416 e. The van der Waals surface area contributed by atoms with E-state index in [4.69, 9.17) is 16.3 Å². The molecule has 1 aromatic heterocycles. The maximum atomic E-state index is 13.0. The second kappa shape index (κ2) is 11.1. The van der Waals surface area contributed by atoms with Gasteiger partial charge in [-0.3, -0.25) is 9.79 Å². The van der Waals surface area contributed by atoms with E-state index in [0.717, 1.165) is 12.1 Å². The number of alkyl halides is 3. The van der Waals surface area contributed by atoms with E-state index >= 15 is 0 Å². The topological polar surface area (TPSA) is 69.4 Å². The summed E-state index contributed by atoms with van der Waals surface area (Å²) in [5, 5.41) is 9.13. The molecule has 0 amide bonds. The highest BCUT2D eigenvalue weighted by atomic mass is 35.5. The molecule has 10 heteroatoms. The molecule has 2 aromatic carbocycles. The fourth-order valence-electron chi connectivity index (χ4n) is 3.14. The minimum atomic E-state index is -4.42. The summed E-state index contributed by atoms with van der Waals surface area (Å²) >= 11 is 6.30. The largest absolute Gasteiger partial charge is 0.441 e. The highest BCUT2D eigenvalue weighted by molar-refractivity contribution is 6.31. The summed E-state index contributed by atoms with van der Waals surface area (Å²) in [6.07, 6.45) is -0.222. The van der Waals surface area contributed by atoms with E-state index in [1.54, 1.807) is 36.4 Å². The van der Waals surface area contributed by atoms with Gasteiger partial charge in [-0.25, -0.2) is 0 Å². The SMILES string of the molecule is C=NCc1nn(COC(=O)CCC)nc1-c1cc(Cl)cc(/C=C/c2cccc(C(F)(F)F)c2)c1. The van der Waals surface area contributed by atoms with Gasteiger partial charge < -0.3 is 4.74 Å². The molecule has 0 aliphatic carbocycles. The number of hydrogen-bond acceptors (Lipinski definition) is 5. The number of carbonyl (C=O) groups excluding carboxylic acids is 1. The van der Waals surface area contributed by atoms with Crippen LogP contribution in [0.5, 0.6) is 0 Å². The second-order valence-electron chi connectivity index (χ2n) is 7.37. The van der Waals surface area contributed by atoms with E-state index in [0.29, 0.717) is 45.9 Å².